The molecule has 0 atom stereocenters. The molecule has 0 amide bonds. The van der Waals surface area contributed by atoms with Crippen LogP contribution >= 0.6 is 0 Å². The molecule has 0 aliphatic carbocycles. The van der Waals surface area contributed by atoms with Gasteiger partial charge in [-0.3, -0.25) is 4.79 Å². The Hall–Kier alpha value is -1.15. The first kappa shape index (κ1) is 13.9. The maximum absolute atomic E-state index is 12.2. The maximum Gasteiger partial charge on any atom is 0.177 e. The van der Waals surface area contributed by atoms with Gasteiger partial charge in [0.1, 0.15) is 0 Å². The number of carbonyl (C=O) groups is 1. The standard InChI is InChI=1S/C15H23NO/c1-10-7-11(2)14(12(3)8-10)13(17)9-16-15(4,5)6/h7-8,16H,9H2,1-6H3. The van der Waals surface area contributed by atoms with Crippen molar-refractivity contribution in [1.29, 1.82) is 0 Å². The van der Waals surface area contributed by atoms with E-state index in [4.69, 9.17) is 0 Å². The fourth-order valence-electron chi connectivity index (χ4n) is 2.05. The van der Waals surface area contributed by atoms with Crippen molar-refractivity contribution in [3.05, 3.63) is 34.4 Å². The lowest BCUT2D eigenvalue weighted by Crippen LogP contribution is -2.39. The van der Waals surface area contributed by atoms with E-state index >= 15 is 0 Å². The molecule has 0 aliphatic rings. The van der Waals surface area contributed by atoms with Gasteiger partial charge in [-0.25, -0.2) is 0 Å². The molecule has 0 aromatic heterocycles. The number of hydrogen-bond donors (Lipinski definition) is 1. The van der Waals surface area contributed by atoms with Crippen LogP contribution in [-0.2, 0) is 0 Å². The third kappa shape index (κ3) is 3.97. The van der Waals surface area contributed by atoms with Crippen LogP contribution in [0, 0.1) is 20.8 Å². The molecule has 0 saturated heterocycles. The molecule has 17 heavy (non-hydrogen) atoms. The molecule has 2 heteroatoms. The second-order valence-electron chi connectivity index (χ2n) is 5.80. The zero-order chi connectivity index (χ0) is 13.2. The maximum atomic E-state index is 12.2. The van der Waals surface area contributed by atoms with Crippen LogP contribution in [0.4, 0.5) is 0 Å². The fourth-order valence-corrected chi connectivity index (χ4v) is 2.05. The smallest absolute Gasteiger partial charge is 0.177 e. The van der Waals surface area contributed by atoms with E-state index in [0.29, 0.717) is 6.54 Å². The molecule has 0 spiro atoms. The van der Waals surface area contributed by atoms with Crippen molar-refractivity contribution in [1.82, 2.24) is 5.32 Å². The predicted octanol–water partition coefficient (Wildman–Crippen LogP) is 3.18. The molecule has 1 N–H and O–H groups in total. The lowest BCUT2D eigenvalue weighted by molar-refractivity contribution is 0.0981. The molecule has 2 nitrogen and oxygen atoms in total. The number of rotatable bonds is 3. The van der Waals surface area contributed by atoms with Crippen molar-refractivity contribution in [3.8, 4) is 0 Å². The Bertz CT molecular complexity index is 404. The molecule has 1 aromatic carbocycles. The first-order chi connectivity index (χ1) is 7.70. The highest BCUT2D eigenvalue weighted by Crippen LogP contribution is 2.17. The zero-order valence-electron chi connectivity index (χ0n) is 11.8. The van der Waals surface area contributed by atoms with Crippen LogP contribution < -0.4 is 5.32 Å². The molecular formula is C15H23NO. The number of benzene rings is 1. The van der Waals surface area contributed by atoms with Gasteiger partial charge in [-0.1, -0.05) is 17.7 Å². The van der Waals surface area contributed by atoms with Gasteiger partial charge < -0.3 is 5.32 Å². The Labute approximate surface area is 104 Å². The van der Waals surface area contributed by atoms with Crippen molar-refractivity contribution in [3.63, 3.8) is 0 Å². The summed E-state index contributed by atoms with van der Waals surface area (Å²) in [4.78, 5) is 12.2. The minimum atomic E-state index is -0.0256. The molecule has 94 valence electrons. The van der Waals surface area contributed by atoms with E-state index in [1.54, 1.807) is 0 Å². The summed E-state index contributed by atoms with van der Waals surface area (Å²) in [7, 11) is 0. The van der Waals surface area contributed by atoms with E-state index in [2.05, 4.69) is 45.1 Å². The monoisotopic (exact) mass is 233 g/mol. The average molecular weight is 233 g/mol. The van der Waals surface area contributed by atoms with E-state index in [9.17, 15) is 4.79 Å². The topological polar surface area (TPSA) is 29.1 Å². The lowest BCUT2D eigenvalue weighted by Gasteiger charge is -2.20. The molecule has 0 saturated carbocycles. The number of aryl methyl sites for hydroxylation is 3. The summed E-state index contributed by atoms with van der Waals surface area (Å²) in [6, 6.07) is 4.13. The van der Waals surface area contributed by atoms with Crippen LogP contribution in [0.15, 0.2) is 12.1 Å². The van der Waals surface area contributed by atoms with Crippen LogP contribution in [-0.4, -0.2) is 17.9 Å². The van der Waals surface area contributed by atoms with Gasteiger partial charge in [0.25, 0.3) is 0 Å². The minimum Gasteiger partial charge on any atom is -0.305 e. The lowest BCUT2D eigenvalue weighted by atomic mass is 9.96. The summed E-state index contributed by atoms with van der Waals surface area (Å²) in [6.45, 7) is 12.7. The third-order valence-corrected chi connectivity index (χ3v) is 2.74. The Morgan fingerprint density at radius 1 is 1.12 bits per heavy atom. The molecular weight excluding hydrogens is 210 g/mol. The summed E-state index contributed by atoms with van der Waals surface area (Å²) >= 11 is 0. The highest BCUT2D eigenvalue weighted by Gasteiger charge is 2.16. The first-order valence-electron chi connectivity index (χ1n) is 6.07. The summed E-state index contributed by atoms with van der Waals surface area (Å²) in [5.41, 5.74) is 4.20. The van der Waals surface area contributed by atoms with Crippen molar-refractivity contribution >= 4 is 5.78 Å². The van der Waals surface area contributed by atoms with Gasteiger partial charge in [-0.2, -0.15) is 0 Å². The average Bonchev–Trinajstić information content (AvgIpc) is 2.11. The van der Waals surface area contributed by atoms with Crippen LogP contribution in [0.3, 0.4) is 0 Å². The normalized spacial score (nSPS) is 11.6. The zero-order valence-corrected chi connectivity index (χ0v) is 11.8. The van der Waals surface area contributed by atoms with Crippen LogP contribution in [0.2, 0.25) is 0 Å². The molecule has 0 radical (unpaired) electrons. The fraction of sp³-hybridized carbons (Fsp3) is 0.533. The van der Waals surface area contributed by atoms with Gasteiger partial charge in [-0.05, 0) is 52.7 Å². The Kier molecular flexibility index (Phi) is 4.10. The van der Waals surface area contributed by atoms with E-state index in [-0.39, 0.29) is 11.3 Å². The summed E-state index contributed by atoms with van der Waals surface area (Å²) < 4.78 is 0. The van der Waals surface area contributed by atoms with E-state index in [0.717, 1.165) is 16.7 Å². The number of hydrogen-bond acceptors (Lipinski definition) is 2. The van der Waals surface area contributed by atoms with Gasteiger partial charge >= 0.3 is 0 Å². The largest absolute Gasteiger partial charge is 0.305 e. The first-order valence-corrected chi connectivity index (χ1v) is 6.07. The van der Waals surface area contributed by atoms with Gasteiger partial charge in [0.15, 0.2) is 5.78 Å². The van der Waals surface area contributed by atoms with Gasteiger partial charge in [0.05, 0.1) is 6.54 Å². The Morgan fingerprint density at radius 3 is 2.00 bits per heavy atom. The van der Waals surface area contributed by atoms with Crippen molar-refractivity contribution in [2.75, 3.05) is 6.54 Å². The van der Waals surface area contributed by atoms with Crippen LogP contribution in [0.5, 0.6) is 0 Å². The summed E-state index contributed by atoms with van der Waals surface area (Å²) in [5.74, 6) is 0.176. The number of carbonyl (C=O) groups excluding carboxylic acids is 1. The molecule has 0 aliphatic heterocycles. The Balaban J connectivity index is 2.90. The molecule has 1 aromatic rings. The predicted molar refractivity (Wildman–Crippen MR) is 72.7 cm³/mol. The van der Waals surface area contributed by atoms with Crippen molar-refractivity contribution in [2.24, 2.45) is 0 Å². The van der Waals surface area contributed by atoms with Crippen molar-refractivity contribution < 1.29 is 4.79 Å². The number of ketones is 1. The molecule has 0 bridgehead atoms. The summed E-state index contributed by atoms with van der Waals surface area (Å²) in [5, 5.41) is 3.24. The number of nitrogens with one attached hydrogen (secondary N) is 1. The van der Waals surface area contributed by atoms with Crippen LogP contribution in [0.25, 0.3) is 0 Å². The Morgan fingerprint density at radius 2 is 1.59 bits per heavy atom. The molecule has 0 fully saturated rings. The second-order valence-corrected chi connectivity index (χ2v) is 5.80. The van der Waals surface area contributed by atoms with E-state index in [1.165, 1.54) is 5.56 Å². The summed E-state index contributed by atoms with van der Waals surface area (Å²) in [6.07, 6.45) is 0. The van der Waals surface area contributed by atoms with E-state index in [1.807, 2.05) is 13.8 Å². The molecule has 0 heterocycles. The van der Waals surface area contributed by atoms with Gasteiger partial charge in [-0.15, -0.1) is 0 Å². The SMILES string of the molecule is Cc1cc(C)c(C(=O)CNC(C)(C)C)c(C)c1. The van der Waals surface area contributed by atoms with E-state index < -0.39 is 0 Å². The minimum absolute atomic E-state index is 0.0256. The number of Topliss-reactive ketones (excluding diaryl/α,β-unsaturated/α-hetero) is 1. The van der Waals surface area contributed by atoms with Gasteiger partial charge in [0, 0.05) is 11.1 Å². The van der Waals surface area contributed by atoms with Crippen molar-refractivity contribution in [2.45, 2.75) is 47.1 Å². The highest BCUT2D eigenvalue weighted by molar-refractivity contribution is 6.00. The quantitative estimate of drug-likeness (QED) is 0.812. The van der Waals surface area contributed by atoms with Crippen LogP contribution in [0.1, 0.15) is 47.8 Å². The van der Waals surface area contributed by atoms with Gasteiger partial charge in [0.2, 0.25) is 0 Å². The molecule has 0 unspecified atom stereocenters. The second kappa shape index (κ2) is 5.01. The third-order valence-electron chi connectivity index (χ3n) is 2.74. The highest BCUT2D eigenvalue weighted by atomic mass is 16.1. The molecule has 1 rings (SSSR count).